The number of rotatable bonds is 18. The number of nitrogens with zero attached hydrogens (tertiary/aromatic N) is 1. The van der Waals surface area contributed by atoms with Gasteiger partial charge in [0.1, 0.15) is 18.1 Å². The zero-order valence-electron chi connectivity index (χ0n) is 19.6. The van der Waals surface area contributed by atoms with Crippen molar-refractivity contribution in [2.45, 2.75) is 56.3 Å². The summed E-state index contributed by atoms with van der Waals surface area (Å²) in [5, 5.41) is 34.0. The maximum atomic E-state index is 12.8. The molecule has 0 aliphatic carbocycles. The summed E-state index contributed by atoms with van der Waals surface area (Å²) in [4.78, 5) is 74.9. The lowest BCUT2D eigenvalue weighted by molar-refractivity contribution is -0.143. The Hall–Kier alpha value is -3.60. The lowest BCUT2D eigenvalue weighted by atomic mass is 10.1. The summed E-state index contributed by atoms with van der Waals surface area (Å²) in [5.41, 5.74) is 15.9. The van der Waals surface area contributed by atoms with Crippen molar-refractivity contribution in [1.82, 2.24) is 16.0 Å². The van der Waals surface area contributed by atoms with E-state index in [1.165, 1.54) is 11.8 Å². The maximum Gasteiger partial charge on any atom is 0.326 e. The van der Waals surface area contributed by atoms with Crippen LogP contribution in [-0.4, -0.2) is 99.6 Å². The van der Waals surface area contributed by atoms with E-state index in [4.69, 9.17) is 27.4 Å². The molecule has 12 N–H and O–H groups in total. The van der Waals surface area contributed by atoms with Gasteiger partial charge in [0, 0.05) is 6.54 Å². The van der Waals surface area contributed by atoms with Crippen LogP contribution in [0.4, 0.5) is 0 Å². The monoisotopic (exact) mass is 535 g/mol. The van der Waals surface area contributed by atoms with Crippen LogP contribution in [-0.2, 0) is 28.8 Å². The molecule has 16 nitrogen and oxygen atoms in total. The van der Waals surface area contributed by atoms with Crippen molar-refractivity contribution in [1.29, 1.82) is 0 Å². The van der Waals surface area contributed by atoms with Gasteiger partial charge < -0.3 is 48.5 Å². The highest BCUT2D eigenvalue weighted by atomic mass is 32.2. The highest BCUT2D eigenvalue weighted by Crippen LogP contribution is 2.06. The lowest BCUT2D eigenvalue weighted by Gasteiger charge is -2.24. The van der Waals surface area contributed by atoms with E-state index in [2.05, 4.69) is 20.9 Å². The van der Waals surface area contributed by atoms with E-state index in [1.807, 2.05) is 0 Å². The number of aliphatic imine (C=N–C) groups is 1. The Labute approximate surface area is 210 Å². The molecule has 0 bridgehead atoms. The van der Waals surface area contributed by atoms with Crippen molar-refractivity contribution in [3.63, 3.8) is 0 Å². The summed E-state index contributed by atoms with van der Waals surface area (Å²) in [6, 6.07) is -5.79. The number of nitrogens with one attached hydrogen (secondary N) is 3. The Balaban J connectivity index is 5.46. The number of thioether (sulfide) groups is 1. The fourth-order valence-electron chi connectivity index (χ4n) is 2.75. The largest absolute Gasteiger partial charge is 0.481 e. The van der Waals surface area contributed by atoms with Gasteiger partial charge in [-0.05, 0) is 31.3 Å². The average Bonchev–Trinajstić information content (AvgIpc) is 2.76. The van der Waals surface area contributed by atoms with E-state index in [-0.39, 0.29) is 31.8 Å². The van der Waals surface area contributed by atoms with Gasteiger partial charge in [0.2, 0.25) is 17.7 Å². The molecule has 0 aromatic carbocycles. The van der Waals surface area contributed by atoms with Crippen molar-refractivity contribution in [2.24, 2.45) is 22.2 Å². The van der Waals surface area contributed by atoms with Crippen LogP contribution in [0.5, 0.6) is 0 Å². The first-order valence-corrected chi connectivity index (χ1v) is 12.0. The first-order valence-electron chi connectivity index (χ1n) is 10.7. The van der Waals surface area contributed by atoms with Crippen molar-refractivity contribution in [2.75, 3.05) is 18.6 Å². The van der Waals surface area contributed by atoms with E-state index >= 15 is 0 Å². The smallest absolute Gasteiger partial charge is 0.326 e. The molecule has 3 amide bonds. The summed E-state index contributed by atoms with van der Waals surface area (Å²) in [6.45, 7) is 0.134. The van der Waals surface area contributed by atoms with Crippen LogP contribution in [0.15, 0.2) is 4.99 Å². The Kier molecular flexibility index (Phi) is 15.2. The Bertz CT molecular complexity index is 836. The predicted molar refractivity (Wildman–Crippen MR) is 129 cm³/mol. The van der Waals surface area contributed by atoms with Crippen molar-refractivity contribution < 1.29 is 44.1 Å². The van der Waals surface area contributed by atoms with Crippen LogP contribution in [0.25, 0.3) is 0 Å². The quantitative estimate of drug-likeness (QED) is 0.0470. The number of nitrogens with two attached hydrogens (primary N) is 3. The molecule has 4 atom stereocenters. The van der Waals surface area contributed by atoms with Gasteiger partial charge in [0.25, 0.3) is 0 Å². The van der Waals surface area contributed by atoms with Gasteiger partial charge >= 0.3 is 17.9 Å². The summed E-state index contributed by atoms with van der Waals surface area (Å²) in [6.07, 6.45) is 0.381. The van der Waals surface area contributed by atoms with Crippen molar-refractivity contribution >= 4 is 53.4 Å². The highest BCUT2D eigenvalue weighted by molar-refractivity contribution is 7.98. The number of guanidine groups is 1. The van der Waals surface area contributed by atoms with Gasteiger partial charge in [-0.1, -0.05) is 0 Å². The zero-order chi connectivity index (χ0) is 27.8. The minimum Gasteiger partial charge on any atom is -0.481 e. The van der Waals surface area contributed by atoms with Crippen LogP contribution in [0, 0.1) is 0 Å². The molecule has 204 valence electrons. The Morgan fingerprint density at radius 2 is 1.33 bits per heavy atom. The second-order valence-electron chi connectivity index (χ2n) is 7.55. The number of carboxylic acids is 3. The molecule has 0 heterocycles. The number of carboxylic acid groups (broad SMARTS) is 3. The lowest BCUT2D eigenvalue weighted by Crippen LogP contribution is -2.57. The summed E-state index contributed by atoms with van der Waals surface area (Å²) in [5.74, 6) is -6.92. The van der Waals surface area contributed by atoms with Gasteiger partial charge in [0.15, 0.2) is 5.96 Å². The minimum atomic E-state index is -1.67. The third-order valence-electron chi connectivity index (χ3n) is 4.55. The second-order valence-corrected chi connectivity index (χ2v) is 8.54. The van der Waals surface area contributed by atoms with E-state index in [0.717, 1.165) is 0 Å². The van der Waals surface area contributed by atoms with Gasteiger partial charge in [-0.15, -0.1) is 0 Å². The minimum absolute atomic E-state index is 0.0137. The second kappa shape index (κ2) is 16.9. The molecule has 0 radical (unpaired) electrons. The van der Waals surface area contributed by atoms with Crippen LogP contribution >= 0.6 is 11.8 Å². The molecule has 0 aliphatic heterocycles. The molecule has 4 unspecified atom stereocenters. The number of carbonyl (C=O) groups is 6. The van der Waals surface area contributed by atoms with Gasteiger partial charge in [-0.25, -0.2) is 4.79 Å². The Morgan fingerprint density at radius 1 is 0.806 bits per heavy atom. The van der Waals surface area contributed by atoms with E-state index in [9.17, 15) is 33.9 Å². The van der Waals surface area contributed by atoms with Gasteiger partial charge in [-0.2, -0.15) is 11.8 Å². The number of amides is 3. The maximum absolute atomic E-state index is 12.8. The zero-order valence-corrected chi connectivity index (χ0v) is 20.5. The highest BCUT2D eigenvalue weighted by Gasteiger charge is 2.31. The topological polar surface area (TPSA) is 290 Å². The van der Waals surface area contributed by atoms with Gasteiger partial charge in [-0.3, -0.25) is 29.0 Å². The van der Waals surface area contributed by atoms with E-state index in [1.54, 1.807) is 6.26 Å². The molecule has 0 spiro atoms. The first kappa shape index (κ1) is 32.4. The number of aliphatic carboxylic acids is 3. The van der Waals surface area contributed by atoms with Crippen LogP contribution in [0.1, 0.15) is 32.1 Å². The summed E-state index contributed by atoms with van der Waals surface area (Å²) < 4.78 is 0. The molecule has 0 aromatic rings. The first-order chi connectivity index (χ1) is 16.8. The summed E-state index contributed by atoms with van der Waals surface area (Å²) >= 11 is 1.34. The molecule has 0 saturated carbocycles. The van der Waals surface area contributed by atoms with E-state index < -0.39 is 72.6 Å². The number of carbonyl (C=O) groups excluding carboxylic acids is 3. The molecule has 17 heteroatoms. The SMILES string of the molecule is CSCCC(NC(=O)C(CC(=O)O)NC(=O)C(N)CC(=O)O)C(=O)NC(CCCN=C(N)N)C(=O)O. The Morgan fingerprint density at radius 3 is 1.83 bits per heavy atom. The molecule has 0 saturated heterocycles. The fourth-order valence-corrected chi connectivity index (χ4v) is 3.22. The van der Waals surface area contributed by atoms with E-state index in [0.29, 0.717) is 5.75 Å². The molecular weight excluding hydrogens is 502 g/mol. The molecular formula is C19H33N7O9S. The standard InChI is InChI=1S/C19H33N7O9S/c1-36-6-4-10(16(32)25-11(18(34)35)3-2-5-23-19(21)22)24-17(33)12(8-14(29)30)26-15(31)9(20)7-13(27)28/h9-12H,2-8,20H2,1H3,(H,24,33)(H,25,32)(H,26,31)(H,27,28)(H,29,30)(H,34,35)(H4,21,22,23). The molecule has 0 fully saturated rings. The third kappa shape index (κ3) is 14.0. The van der Waals surface area contributed by atoms with Crippen LogP contribution in [0.2, 0.25) is 0 Å². The van der Waals surface area contributed by atoms with Crippen LogP contribution < -0.4 is 33.2 Å². The van der Waals surface area contributed by atoms with Gasteiger partial charge in [0.05, 0.1) is 18.9 Å². The van der Waals surface area contributed by atoms with Crippen LogP contribution in [0.3, 0.4) is 0 Å². The molecule has 0 aliphatic rings. The third-order valence-corrected chi connectivity index (χ3v) is 5.19. The number of hydrogen-bond donors (Lipinski definition) is 9. The fraction of sp³-hybridized carbons (Fsp3) is 0.632. The van der Waals surface area contributed by atoms with Crippen molar-refractivity contribution in [3.8, 4) is 0 Å². The normalized spacial score (nSPS) is 13.8. The average molecular weight is 536 g/mol. The molecule has 0 aromatic heterocycles. The molecule has 36 heavy (non-hydrogen) atoms. The summed E-state index contributed by atoms with van der Waals surface area (Å²) in [7, 11) is 0. The van der Waals surface area contributed by atoms with Crippen molar-refractivity contribution in [3.05, 3.63) is 0 Å². The predicted octanol–water partition coefficient (Wildman–Crippen LogP) is -3.39. The molecule has 0 rings (SSSR count). The number of hydrogen-bond acceptors (Lipinski definition) is 9.